The fourth-order valence-electron chi connectivity index (χ4n) is 10.8. The van der Waals surface area contributed by atoms with E-state index >= 15 is 0 Å². The quantitative estimate of drug-likeness (QED) is 0.166. The lowest BCUT2D eigenvalue weighted by Crippen LogP contribution is -1.99. The number of aromatic nitrogens is 3. The molecular formula is C66H48N4. The van der Waals surface area contributed by atoms with E-state index in [0.717, 1.165) is 51.2 Å². The van der Waals surface area contributed by atoms with E-state index in [-0.39, 0.29) is 0 Å². The van der Waals surface area contributed by atoms with Gasteiger partial charge in [-0.25, -0.2) is 0 Å². The number of benzene rings is 11. The van der Waals surface area contributed by atoms with Crippen LogP contribution in [-0.4, -0.2) is 13.7 Å². The van der Waals surface area contributed by atoms with Crippen LogP contribution in [0.5, 0.6) is 0 Å². The van der Waals surface area contributed by atoms with E-state index in [4.69, 9.17) is 5.73 Å². The zero-order valence-electron chi connectivity index (χ0n) is 38.8. The predicted molar refractivity (Wildman–Crippen MR) is 297 cm³/mol. The highest BCUT2D eigenvalue weighted by Gasteiger charge is 2.19. The van der Waals surface area contributed by atoms with E-state index in [9.17, 15) is 0 Å². The summed E-state index contributed by atoms with van der Waals surface area (Å²) in [6, 6.07) is 89.6. The summed E-state index contributed by atoms with van der Waals surface area (Å²) in [4.78, 5) is 0. The fourth-order valence-corrected chi connectivity index (χ4v) is 10.8. The smallest absolute Gasteiger partial charge is 0.0561 e. The summed E-state index contributed by atoms with van der Waals surface area (Å²) in [7, 11) is 0. The van der Waals surface area contributed by atoms with Gasteiger partial charge in [-0.05, 0) is 102 Å². The van der Waals surface area contributed by atoms with Gasteiger partial charge in [0, 0.05) is 60.5 Å². The van der Waals surface area contributed by atoms with Gasteiger partial charge in [-0.3, -0.25) is 0 Å². The Morgan fingerprint density at radius 1 is 0.314 bits per heavy atom. The van der Waals surface area contributed by atoms with Gasteiger partial charge >= 0.3 is 0 Å². The Balaban J connectivity index is 0.000000321. The minimum atomic E-state index is 0.764. The summed E-state index contributed by atoms with van der Waals surface area (Å²) in [6.07, 6.45) is 0.764. The summed E-state index contributed by atoms with van der Waals surface area (Å²) < 4.78 is 7.27. The molecule has 0 amide bonds. The molecular weight excluding hydrogens is 849 g/mol. The van der Waals surface area contributed by atoms with Crippen molar-refractivity contribution in [3.05, 3.63) is 265 Å². The highest BCUT2D eigenvalue weighted by Crippen LogP contribution is 2.39. The van der Waals surface area contributed by atoms with Gasteiger partial charge in [-0.1, -0.05) is 194 Å². The van der Waals surface area contributed by atoms with Crippen LogP contribution in [0.4, 0.5) is 5.69 Å². The SMILES string of the molecule is Cc1ccc(-c2ccccc2)cc1.Nc1c(Cc2ccc(-n3c4cc(-n5c6ccccc6c6ccccc65)ccc4c4ccc(-n5c6ccccc6c6ccccc65)cc43)cc2)ccc2ccccc12. The molecule has 0 aliphatic rings. The molecule has 0 radical (unpaired) electrons. The molecule has 0 bridgehead atoms. The largest absolute Gasteiger partial charge is 0.398 e. The molecule has 0 aliphatic carbocycles. The highest BCUT2D eigenvalue weighted by molar-refractivity contribution is 6.13. The maximum Gasteiger partial charge on any atom is 0.0561 e. The van der Waals surface area contributed by atoms with Crippen molar-refractivity contribution in [1.82, 2.24) is 13.7 Å². The van der Waals surface area contributed by atoms with E-state index in [0.29, 0.717) is 0 Å². The van der Waals surface area contributed by atoms with Crippen molar-refractivity contribution in [3.8, 4) is 28.2 Å². The number of anilines is 1. The Hall–Kier alpha value is -9.12. The molecule has 4 nitrogen and oxygen atoms in total. The van der Waals surface area contributed by atoms with Crippen LogP contribution in [-0.2, 0) is 6.42 Å². The van der Waals surface area contributed by atoms with Gasteiger partial charge < -0.3 is 19.4 Å². The zero-order chi connectivity index (χ0) is 46.7. The van der Waals surface area contributed by atoms with E-state index in [1.807, 2.05) is 6.07 Å². The van der Waals surface area contributed by atoms with Crippen molar-refractivity contribution in [1.29, 1.82) is 0 Å². The minimum absolute atomic E-state index is 0.764. The Kier molecular flexibility index (Phi) is 9.91. The standard InChI is InChI=1S/C53H36N4.C13H12/c54-53-36(24-23-35-11-1-2-12-40(35)53)31-34-21-25-37(26-22-34)55-51-32-38(56-47-17-7-3-13-41(47)42-14-4-8-18-48(42)56)27-29-45(51)46-30-28-39(33-52(46)55)57-49-19-9-5-15-43(49)44-16-6-10-20-50(44)57;1-11-7-9-13(10-8-11)12-5-3-2-4-6-12/h1-30,32-33H,31,54H2;2-10H,1H3. The third-order valence-electron chi connectivity index (χ3n) is 14.2. The first-order valence-electron chi connectivity index (χ1n) is 24.1. The molecule has 332 valence electrons. The molecule has 0 saturated carbocycles. The van der Waals surface area contributed by atoms with Crippen molar-refractivity contribution in [2.24, 2.45) is 0 Å². The van der Waals surface area contributed by atoms with Crippen molar-refractivity contribution in [3.63, 3.8) is 0 Å². The summed E-state index contributed by atoms with van der Waals surface area (Å²) >= 11 is 0. The first kappa shape index (κ1) is 41.1. The first-order valence-corrected chi connectivity index (χ1v) is 24.1. The fraction of sp³-hybridized carbons (Fsp3) is 0.0303. The van der Waals surface area contributed by atoms with Gasteiger partial charge in [-0.15, -0.1) is 0 Å². The topological polar surface area (TPSA) is 40.8 Å². The van der Waals surface area contributed by atoms with Crippen LogP contribution in [0.3, 0.4) is 0 Å². The van der Waals surface area contributed by atoms with E-state index in [2.05, 4.69) is 263 Å². The molecule has 4 heteroatoms. The van der Waals surface area contributed by atoms with Gasteiger partial charge in [0.1, 0.15) is 0 Å². The zero-order valence-corrected chi connectivity index (χ0v) is 38.8. The summed E-state index contributed by atoms with van der Waals surface area (Å²) in [5.74, 6) is 0. The Morgan fingerprint density at radius 3 is 1.23 bits per heavy atom. The lowest BCUT2D eigenvalue weighted by molar-refractivity contribution is 1.13. The molecule has 0 fully saturated rings. The summed E-state index contributed by atoms with van der Waals surface area (Å²) in [6.45, 7) is 2.11. The molecule has 3 aromatic heterocycles. The number of nitrogens with two attached hydrogens (primary N) is 1. The lowest BCUT2D eigenvalue weighted by atomic mass is 9.98. The second-order valence-corrected chi connectivity index (χ2v) is 18.4. The van der Waals surface area contributed by atoms with Crippen LogP contribution in [0.25, 0.3) is 104 Å². The maximum absolute atomic E-state index is 6.74. The third kappa shape index (κ3) is 6.92. The van der Waals surface area contributed by atoms with Crippen molar-refractivity contribution in [2.45, 2.75) is 13.3 Å². The second-order valence-electron chi connectivity index (χ2n) is 18.4. The Bertz CT molecular complexity index is 3990. The van der Waals surface area contributed by atoms with E-state index < -0.39 is 0 Å². The number of rotatable bonds is 6. The number of hydrogen-bond donors (Lipinski definition) is 1. The summed E-state index contributed by atoms with van der Waals surface area (Å²) in [5.41, 5.74) is 24.3. The van der Waals surface area contributed by atoms with Crippen LogP contribution in [0.2, 0.25) is 0 Å². The number of fused-ring (bicyclic) bond motifs is 10. The molecule has 70 heavy (non-hydrogen) atoms. The second kappa shape index (κ2) is 16.9. The van der Waals surface area contributed by atoms with Gasteiger partial charge in [0.15, 0.2) is 0 Å². The lowest BCUT2D eigenvalue weighted by Gasteiger charge is -2.13. The number of hydrogen-bond acceptors (Lipinski definition) is 1. The molecule has 11 aromatic carbocycles. The molecule has 0 aliphatic heterocycles. The van der Waals surface area contributed by atoms with Crippen LogP contribution >= 0.6 is 0 Å². The molecule has 14 aromatic rings. The molecule has 0 unspecified atom stereocenters. The van der Waals surface area contributed by atoms with Crippen molar-refractivity contribution >= 4 is 81.9 Å². The average Bonchev–Trinajstić information content (AvgIpc) is 4.06. The van der Waals surface area contributed by atoms with Crippen LogP contribution in [0, 0.1) is 6.92 Å². The molecule has 3 heterocycles. The van der Waals surface area contributed by atoms with Gasteiger partial charge in [-0.2, -0.15) is 0 Å². The predicted octanol–water partition coefficient (Wildman–Crippen LogP) is 17.0. The molecule has 0 saturated heterocycles. The Labute approximate surface area is 406 Å². The highest BCUT2D eigenvalue weighted by atomic mass is 15.0. The van der Waals surface area contributed by atoms with E-state index in [1.165, 1.54) is 82.0 Å². The molecule has 2 N–H and O–H groups in total. The number of nitrogen functional groups attached to an aromatic ring is 1. The number of nitrogens with zero attached hydrogens (tertiary/aromatic N) is 3. The minimum Gasteiger partial charge on any atom is -0.398 e. The van der Waals surface area contributed by atoms with Crippen LogP contribution in [0.1, 0.15) is 16.7 Å². The van der Waals surface area contributed by atoms with E-state index in [1.54, 1.807) is 0 Å². The molecule has 0 atom stereocenters. The average molecular weight is 897 g/mol. The van der Waals surface area contributed by atoms with Crippen LogP contribution in [0.15, 0.2) is 249 Å². The van der Waals surface area contributed by atoms with Crippen LogP contribution < -0.4 is 5.73 Å². The summed E-state index contributed by atoms with van der Waals surface area (Å²) in [5, 5.41) is 9.74. The first-order chi connectivity index (χ1) is 34.6. The maximum atomic E-state index is 6.74. The normalized spacial score (nSPS) is 11.6. The molecule has 14 rings (SSSR count). The number of aryl methyl sites for hydroxylation is 1. The van der Waals surface area contributed by atoms with Gasteiger partial charge in [0.25, 0.3) is 0 Å². The number of para-hydroxylation sites is 4. The van der Waals surface area contributed by atoms with Crippen molar-refractivity contribution < 1.29 is 0 Å². The Morgan fingerprint density at radius 2 is 0.714 bits per heavy atom. The van der Waals surface area contributed by atoms with Gasteiger partial charge in [0.05, 0.1) is 33.1 Å². The third-order valence-corrected chi connectivity index (χ3v) is 14.2. The monoisotopic (exact) mass is 896 g/mol. The molecule has 0 spiro atoms. The van der Waals surface area contributed by atoms with Gasteiger partial charge in [0.2, 0.25) is 0 Å². The van der Waals surface area contributed by atoms with Crippen molar-refractivity contribution in [2.75, 3.05) is 5.73 Å².